The first-order chi connectivity index (χ1) is 15.5. The van der Waals surface area contributed by atoms with E-state index in [0.717, 1.165) is 11.3 Å². The lowest BCUT2D eigenvalue weighted by atomic mass is 10.0. The zero-order valence-corrected chi connectivity index (χ0v) is 17.7. The summed E-state index contributed by atoms with van der Waals surface area (Å²) in [7, 11) is 0. The fraction of sp³-hybridized carbons (Fsp3) is 0.304. The van der Waals surface area contributed by atoms with E-state index in [-0.39, 0.29) is 17.0 Å². The minimum absolute atomic E-state index is 0.0887. The lowest BCUT2D eigenvalue weighted by Crippen LogP contribution is -2.40. The van der Waals surface area contributed by atoms with Crippen LogP contribution in [-0.2, 0) is 14.3 Å². The van der Waals surface area contributed by atoms with E-state index < -0.39 is 16.7 Å². The van der Waals surface area contributed by atoms with Gasteiger partial charge in [0.05, 0.1) is 36.0 Å². The molecule has 2 aliphatic rings. The minimum Gasteiger partial charge on any atom is -0.491 e. The second-order valence-corrected chi connectivity index (χ2v) is 7.39. The zero-order valence-electron chi connectivity index (χ0n) is 17.7. The van der Waals surface area contributed by atoms with Crippen LogP contribution in [0.1, 0.15) is 18.9 Å². The Morgan fingerprint density at radius 2 is 1.72 bits per heavy atom. The predicted octanol–water partition coefficient (Wildman–Crippen LogP) is 3.00. The molecule has 2 aromatic carbocycles. The second kappa shape index (κ2) is 9.19. The Morgan fingerprint density at radius 1 is 1.03 bits per heavy atom. The molecule has 2 aliphatic heterocycles. The number of imide groups is 1. The van der Waals surface area contributed by atoms with Crippen LogP contribution in [-0.4, -0.2) is 54.5 Å². The van der Waals surface area contributed by atoms with E-state index in [1.807, 2.05) is 11.8 Å². The maximum Gasteiger partial charge on any atom is 0.282 e. The van der Waals surface area contributed by atoms with Gasteiger partial charge in [-0.1, -0.05) is 19.1 Å². The molecule has 1 fully saturated rings. The van der Waals surface area contributed by atoms with Crippen molar-refractivity contribution in [3.8, 4) is 5.75 Å². The number of hydrogen-bond acceptors (Lipinski definition) is 7. The van der Waals surface area contributed by atoms with Crippen LogP contribution in [0.3, 0.4) is 0 Å². The number of anilines is 1. The molecule has 0 aliphatic carbocycles. The molecular weight excluding hydrogens is 414 g/mol. The lowest BCUT2D eigenvalue weighted by Gasteiger charge is -2.29. The van der Waals surface area contributed by atoms with Gasteiger partial charge in [-0.3, -0.25) is 19.7 Å². The first-order valence-corrected chi connectivity index (χ1v) is 10.4. The Hall–Kier alpha value is -3.72. The number of para-hydroxylation sites is 2. The molecular formula is C23H23N3O6. The summed E-state index contributed by atoms with van der Waals surface area (Å²) in [4.78, 5) is 40.7. The minimum atomic E-state index is -0.504. The molecule has 0 N–H and O–H groups in total. The van der Waals surface area contributed by atoms with Crippen molar-refractivity contribution >= 4 is 28.8 Å². The predicted molar refractivity (Wildman–Crippen MR) is 117 cm³/mol. The maximum atomic E-state index is 13.6. The van der Waals surface area contributed by atoms with E-state index in [4.69, 9.17) is 9.47 Å². The molecule has 0 atom stereocenters. The van der Waals surface area contributed by atoms with Crippen LogP contribution in [0.25, 0.3) is 5.57 Å². The molecule has 0 bridgehead atoms. The summed E-state index contributed by atoms with van der Waals surface area (Å²) in [5.41, 5.74) is 1.23. The standard InChI is InChI=1S/C23H23N3O6/c1-2-13-32-19-6-4-3-5-18(19)25-22(27)20(16-7-9-17(10-8-16)26(29)30)21(23(25)28)24-11-14-31-15-12-24/h3-10H,2,11-15H2,1H3. The van der Waals surface area contributed by atoms with Crippen molar-refractivity contribution in [2.24, 2.45) is 0 Å². The largest absolute Gasteiger partial charge is 0.491 e. The molecule has 4 rings (SSSR count). The summed E-state index contributed by atoms with van der Waals surface area (Å²) in [5, 5.41) is 11.1. The van der Waals surface area contributed by atoms with Crippen molar-refractivity contribution in [2.75, 3.05) is 37.8 Å². The highest BCUT2D eigenvalue weighted by Gasteiger charge is 2.43. The highest BCUT2D eigenvalue weighted by Crippen LogP contribution is 2.39. The van der Waals surface area contributed by atoms with Gasteiger partial charge in [0.25, 0.3) is 17.5 Å². The average Bonchev–Trinajstić information content (AvgIpc) is 3.08. The molecule has 0 radical (unpaired) electrons. The average molecular weight is 437 g/mol. The smallest absolute Gasteiger partial charge is 0.282 e. The van der Waals surface area contributed by atoms with Crippen molar-refractivity contribution in [3.63, 3.8) is 0 Å². The summed E-state index contributed by atoms with van der Waals surface area (Å²) >= 11 is 0. The molecule has 32 heavy (non-hydrogen) atoms. The molecule has 0 saturated carbocycles. The Morgan fingerprint density at radius 3 is 2.38 bits per heavy atom. The fourth-order valence-corrected chi connectivity index (χ4v) is 3.80. The Bertz CT molecular complexity index is 1070. The third-order valence-corrected chi connectivity index (χ3v) is 5.32. The van der Waals surface area contributed by atoms with Gasteiger partial charge in [-0.25, -0.2) is 4.90 Å². The fourth-order valence-electron chi connectivity index (χ4n) is 3.80. The number of amides is 2. The van der Waals surface area contributed by atoms with Crippen LogP contribution in [0.2, 0.25) is 0 Å². The van der Waals surface area contributed by atoms with E-state index in [2.05, 4.69) is 0 Å². The molecule has 9 heteroatoms. The van der Waals surface area contributed by atoms with Gasteiger partial charge in [0.2, 0.25) is 0 Å². The van der Waals surface area contributed by atoms with Crippen LogP contribution in [0.5, 0.6) is 5.75 Å². The molecule has 0 unspecified atom stereocenters. The molecule has 1 saturated heterocycles. The molecule has 166 valence electrons. The molecule has 0 spiro atoms. The van der Waals surface area contributed by atoms with Crippen LogP contribution in [0, 0.1) is 10.1 Å². The van der Waals surface area contributed by atoms with Gasteiger partial charge in [0, 0.05) is 25.2 Å². The number of carbonyl (C=O) groups excluding carboxylic acids is 2. The van der Waals surface area contributed by atoms with Crippen molar-refractivity contribution in [2.45, 2.75) is 13.3 Å². The number of ether oxygens (including phenoxy) is 2. The quantitative estimate of drug-likeness (QED) is 0.373. The highest BCUT2D eigenvalue weighted by molar-refractivity contribution is 6.45. The van der Waals surface area contributed by atoms with E-state index in [0.29, 0.717) is 49.9 Å². The van der Waals surface area contributed by atoms with Gasteiger partial charge >= 0.3 is 0 Å². The molecule has 0 aromatic heterocycles. The summed E-state index contributed by atoms with van der Waals surface area (Å²) in [6.45, 7) is 4.23. The van der Waals surface area contributed by atoms with Gasteiger partial charge in [-0.05, 0) is 36.2 Å². The number of benzene rings is 2. The number of nitro benzene ring substituents is 1. The van der Waals surface area contributed by atoms with E-state index >= 15 is 0 Å². The number of hydrogen-bond donors (Lipinski definition) is 0. The van der Waals surface area contributed by atoms with Gasteiger partial charge < -0.3 is 14.4 Å². The van der Waals surface area contributed by atoms with Crippen LogP contribution < -0.4 is 9.64 Å². The number of carbonyl (C=O) groups is 2. The van der Waals surface area contributed by atoms with E-state index in [9.17, 15) is 19.7 Å². The normalized spacial score (nSPS) is 16.7. The summed E-state index contributed by atoms with van der Waals surface area (Å²) < 4.78 is 11.2. The number of rotatable bonds is 7. The van der Waals surface area contributed by atoms with Crippen LogP contribution >= 0.6 is 0 Å². The van der Waals surface area contributed by atoms with Gasteiger partial charge in [0.15, 0.2) is 0 Å². The summed E-state index contributed by atoms with van der Waals surface area (Å²) in [6.07, 6.45) is 0.779. The number of non-ortho nitro benzene ring substituents is 1. The van der Waals surface area contributed by atoms with E-state index in [1.165, 1.54) is 24.3 Å². The van der Waals surface area contributed by atoms with Crippen LogP contribution in [0.4, 0.5) is 11.4 Å². The van der Waals surface area contributed by atoms with Gasteiger partial charge in [0.1, 0.15) is 11.4 Å². The van der Waals surface area contributed by atoms with E-state index in [1.54, 1.807) is 24.3 Å². The molecule has 2 heterocycles. The molecule has 2 amide bonds. The third kappa shape index (κ3) is 3.94. The SMILES string of the molecule is CCCOc1ccccc1N1C(=O)C(c2ccc([N+](=O)[O-])cc2)=C(N2CCOCC2)C1=O. The van der Waals surface area contributed by atoms with Gasteiger partial charge in [-0.2, -0.15) is 0 Å². The number of nitrogens with zero attached hydrogens (tertiary/aromatic N) is 3. The summed E-state index contributed by atoms with van der Waals surface area (Å²) in [5.74, 6) is -0.488. The lowest BCUT2D eigenvalue weighted by molar-refractivity contribution is -0.384. The Labute approximate surface area is 185 Å². The molecule has 9 nitrogen and oxygen atoms in total. The summed E-state index contributed by atoms with van der Waals surface area (Å²) in [6, 6.07) is 12.6. The van der Waals surface area contributed by atoms with Crippen molar-refractivity contribution in [1.82, 2.24) is 4.90 Å². The number of nitro groups is 1. The van der Waals surface area contributed by atoms with Crippen molar-refractivity contribution < 1.29 is 24.0 Å². The number of morpholine rings is 1. The Balaban J connectivity index is 1.79. The highest BCUT2D eigenvalue weighted by atomic mass is 16.6. The van der Waals surface area contributed by atoms with Crippen molar-refractivity contribution in [3.05, 3.63) is 69.9 Å². The third-order valence-electron chi connectivity index (χ3n) is 5.32. The molecule has 2 aromatic rings. The monoisotopic (exact) mass is 437 g/mol. The zero-order chi connectivity index (χ0) is 22.7. The first-order valence-electron chi connectivity index (χ1n) is 10.4. The maximum absolute atomic E-state index is 13.6. The van der Waals surface area contributed by atoms with Crippen molar-refractivity contribution in [1.29, 1.82) is 0 Å². The van der Waals surface area contributed by atoms with Crippen LogP contribution in [0.15, 0.2) is 54.2 Å². The Kier molecular flexibility index (Phi) is 6.18. The first kappa shape index (κ1) is 21.5. The second-order valence-electron chi connectivity index (χ2n) is 7.39. The van der Waals surface area contributed by atoms with Gasteiger partial charge in [-0.15, -0.1) is 0 Å². The topological polar surface area (TPSA) is 102 Å².